The second-order valence-corrected chi connectivity index (χ2v) is 9.45. The number of ether oxygens (including phenoxy) is 1. The van der Waals surface area contributed by atoms with Crippen molar-refractivity contribution in [3.8, 4) is 0 Å². The summed E-state index contributed by atoms with van der Waals surface area (Å²) in [5, 5.41) is 2.87. The quantitative estimate of drug-likeness (QED) is 0.695. The maximum absolute atomic E-state index is 12.3. The Morgan fingerprint density at radius 2 is 1.88 bits per heavy atom. The highest BCUT2D eigenvalue weighted by molar-refractivity contribution is 7.20. The Labute approximate surface area is 168 Å². The van der Waals surface area contributed by atoms with Gasteiger partial charge in [-0.3, -0.25) is 4.79 Å². The standard InChI is InChI=1S/C19H22Cl2N2O2S/c1-23(2,15-7-9-25-10-8-15)12-13-3-5-14(6-4-13)22-19(24)16-11-17(20)26-18(16)21/h3-6,11,15H,7-10,12H2,1-2H3/p+1. The van der Waals surface area contributed by atoms with Crippen molar-refractivity contribution in [2.24, 2.45) is 0 Å². The first kappa shape index (κ1) is 19.6. The Bertz CT molecular complexity index is 768. The van der Waals surface area contributed by atoms with Gasteiger partial charge in [0.15, 0.2) is 0 Å². The van der Waals surface area contributed by atoms with E-state index in [-0.39, 0.29) is 5.91 Å². The summed E-state index contributed by atoms with van der Waals surface area (Å²) >= 11 is 13.1. The van der Waals surface area contributed by atoms with Gasteiger partial charge in [-0.05, 0) is 18.2 Å². The second kappa shape index (κ2) is 8.28. The van der Waals surface area contributed by atoms with E-state index in [0.29, 0.717) is 20.3 Å². The van der Waals surface area contributed by atoms with E-state index in [1.807, 2.05) is 12.1 Å². The number of amides is 1. The summed E-state index contributed by atoms with van der Waals surface area (Å²) in [5.74, 6) is -0.246. The van der Waals surface area contributed by atoms with E-state index in [2.05, 4.69) is 31.5 Å². The molecule has 3 rings (SSSR count). The van der Waals surface area contributed by atoms with Crippen LogP contribution >= 0.6 is 34.5 Å². The third kappa shape index (κ3) is 4.78. The molecule has 26 heavy (non-hydrogen) atoms. The normalized spacial score (nSPS) is 15.8. The smallest absolute Gasteiger partial charge is 0.258 e. The monoisotopic (exact) mass is 413 g/mol. The Morgan fingerprint density at radius 3 is 2.46 bits per heavy atom. The highest BCUT2D eigenvalue weighted by Gasteiger charge is 2.30. The van der Waals surface area contributed by atoms with Gasteiger partial charge in [0.1, 0.15) is 10.9 Å². The molecule has 1 aliphatic heterocycles. The first-order chi connectivity index (χ1) is 12.3. The van der Waals surface area contributed by atoms with E-state index in [4.69, 9.17) is 27.9 Å². The molecule has 1 aromatic carbocycles. The van der Waals surface area contributed by atoms with Gasteiger partial charge >= 0.3 is 0 Å². The van der Waals surface area contributed by atoms with E-state index in [9.17, 15) is 4.79 Å². The predicted octanol–water partition coefficient (Wildman–Crippen LogP) is 5.06. The number of nitrogens with zero attached hydrogens (tertiary/aromatic N) is 1. The number of hydrogen-bond acceptors (Lipinski definition) is 3. The van der Waals surface area contributed by atoms with Gasteiger partial charge in [0.25, 0.3) is 5.91 Å². The highest BCUT2D eigenvalue weighted by atomic mass is 35.5. The Kier molecular flexibility index (Phi) is 6.25. The molecule has 2 heterocycles. The van der Waals surface area contributed by atoms with E-state index in [0.717, 1.165) is 42.8 Å². The molecule has 1 fully saturated rings. The average molecular weight is 414 g/mol. The first-order valence-electron chi connectivity index (χ1n) is 8.61. The molecule has 0 saturated carbocycles. The van der Waals surface area contributed by atoms with Crippen molar-refractivity contribution in [2.45, 2.75) is 25.4 Å². The summed E-state index contributed by atoms with van der Waals surface area (Å²) in [6.07, 6.45) is 2.20. The lowest BCUT2D eigenvalue weighted by Crippen LogP contribution is -2.50. The Balaban J connectivity index is 1.63. The second-order valence-electron chi connectivity index (χ2n) is 7.17. The minimum absolute atomic E-state index is 0.246. The minimum Gasteiger partial charge on any atom is -0.381 e. The van der Waals surface area contributed by atoms with Crippen molar-refractivity contribution in [3.05, 3.63) is 50.1 Å². The Morgan fingerprint density at radius 1 is 1.23 bits per heavy atom. The lowest BCUT2D eigenvalue weighted by molar-refractivity contribution is -0.929. The molecule has 0 atom stereocenters. The molecular formula is C19H23Cl2N2O2S+. The molecule has 0 bridgehead atoms. The van der Waals surface area contributed by atoms with Crippen LogP contribution in [0.25, 0.3) is 0 Å². The SMILES string of the molecule is C[N+](C)(Cc1ccc(NC(=O)c2cc(Cl)sc2Cl)cc1)C1CCOCC1. The molecule has 2 aromatic rings. The van der Waals surface area contributed by atoms with Crippen LogP contribution in [0.4, 0.5) is 5.69 Å². The van der Waals surface area contributed by atoms with E-state index in [1.165, 1.54) is 16.9 Å². The van der Waals surface area contributed by atoms with E-state index >= 15 is 0 Å². The van der Waals surface area contributed by atoms with Gasteiger partial charge in [0.05, 0.1) is 43.3 Å². The van der Waals surface area contributed by atoms with E-state index in [1.54, 1.807) is 6.07 Å². The lowest BCUT2D eigenvalue weighted by atomic mass is 10.0. The fraction of sp³-hybridized carbons (Fsp3) is 0.421. The topological polar surface area (TPSA) is 38.3 Å². The van der Waals surface area contributed by atoms with Gasteiger partial charge in [-0.2, -0.15) is 0 Å². The summed E-state index contributed by atoms with van der Waals surface area (Å²) < 4.78 is 7.33. The van der Waals surface area contributed by atoms with Crippen LogP contribution < -0.4 is 5.32 Å². The number of benzene rings is 1. The summed E-state index contributed by atoms with van der Waals surface area (Å²) in [4.78, 5) is 12.3. The number of hydrogen-bond donors (Lipinski definition) is 1. The van der Waals surface area contributed by atoms with Gasteiger partial charge in [-0.25, -0.2) is 0 Å². The zero-order chi connectivity index (χ0) is 18.7. The van der Waals surface area contributed by atoms with Crippen molar-refractivity contribution in [1.29, 1.82) is 0 Å². The van der Waals surface area contributed by atoms with Crippen LogP contribution in [0.2, 0.25) is 8.67 Å². The van der Waals surface area contributed by atoms with Crippen molar-refractivity contribution < 1.29 is 14.0 Å². The van der Waals surface area contributed by atoms with Crippen molar-refractivity contribution in [2.75, 3.05) is 32.6 Å². The van der Waals surface area contributed by atoms with Gasteiger partial charge in [0, 0.05) is 24.1 Å². The van der Waals surface area contributed by atoms with Crippen LogP contribution in [0.3, 0.4) is 0 Å². The maximum atomic E-state index is 12.3. The number of quaternary nitrogens is 1. The van der Waals surface area contributed by atoms with Crippen LogP contribution in [-0.2, 0) is 11.3 Å². The third-order valence-electron chi connectivity index (χ3n) is 4.88. The van der Waals surface area contributed by atoms with Crippen LogP contribution in [0.5, 0.6) is 0 Å². The molecule has 0 unspecified atom stereocenters. The third-order valence-corrected chi connectivity index (χ3v) is 6.37. The number of rotatable bonds is 5. The summed E-state index contributed by atoms with van der Waals surface area (Å²) in [6.45, 7) is 2.66. The number of anilines is 1. The molecule has 1 aromatic heterocycles. The zero-order valence-electron chi connectivity index (χ0n) is 14.9. The number of carbonyl (C=O) groups excluding carboxylic acids is 1. The molecule has 1 aliphatic rings. The average Bonchev–Trinajstić information content (AvgIpc) is 2.96. The van der Waals surface area contributed by atoms with Gasteiger partial charge in [-0.1, -0.05) is 35.3 Å². The highest BCUT2D eigenvalue weighted by Crippen LogP contribution is 2.31. The number of halogens is 2. The zero-order valence-corrected chi connectivity index (χ0v) is 17.3. The van der Waals surface area contributed by atoms with Gasteiger partial charge in [0.2, 0.25) is 0 Å². The molecule has 1 N–H and O–H groups in total. The molecule has 140 valence electrons. The van der Waals surface area contributed by atoms with Crippen LogP contribution in [0.15, 0.2) is 30.3 Å². The molecule has 1 saturated heterocycles. The van der Waals surface area contributed by atoms with Gasteiger partial charge in [-0.15, -0.1) is 11.3 Å². The molecule has 7 heteroatoms. The van der Waals surface area contributed by atoms with Gasteiger partial charge < -0.3 is 14.5 Å². The van der Waals surface area contributed by atoms with Crippen molar-refractivity contribution in [3.63, 3.8) is 0 Å². The summed E-state index contributed by atoms with van der Waals surface area (Å²) in [6, 6.07) is 10.2. The Hall–Kier alpha value is -1.11. The largest absolute Gasteiger partial charge is 0.381 e. The fourth-order valence-electron chi connectivity index (χ4n) is 3.37. The van der Waals surface area contributed by atoms with Crippen LogP contribution in [0, 0.1) is 0 Å². The molecule has 1 amide bonds. The lowest BCUT2D eigenvalue weighted by Gasteiger charge is -2.40. The molecule has 0 spiro atoms. The van der Waals surface area contributed by atoms with Crippen molar-refractivity contribution >= 4 is 46.1 Å². The minimum atomic E-state index is -0.246. The molecule has 4 nitrogen and oxygen atoms in total. The van der Waals surface area contributed by atoms with Crippen LogP contribution in [0.1, 0.15) is 28.8 Å². The predicted molar refractivity (Wildman–Crippen MR) is 108 cm³/mol. The van der Waals surface area contributed by atoms with Crippen molar-refractivity contribution in [1.82, 2.24) is 0 Å². The number of thiophene rings is 1. The van der Waals surface area contributed by atoms with Crippen LogP contribution in [-0.4, -0.2) is 43.7 Å². The maximum Gasteiger partial charge on any atom is 0.258 e. The number of carbonyl (C=O) groups is 1. The molecule has 0 radical (unpaired) electrons. The number of nitrogens with one attached hydrogen (secondary N) is 1. The fourth-order valence-corrected chi connectivity index (χ4v) is 4.83. The molecular weight excluding hydrogens is 391 g/mol. The van der Waals surface area contributed by atoms with E-state index < -0.39 is 0 Å². The molecule has 0 aliphatic carbocycles. The summed E-state index contributed by atoms with van der Waals surface area (Å²) in [7, 11) is 4.54. The summed E-state index contributed by atoms with van der Waals surface area (Å²) in [5.41, 5.74) is 2.40. The first-order valence-corrected chi connectivity index (χ1v) is 10.2.